The second kappa shape index (κ2) is 6.64. The van der Waals surface area contributed by atoms with Gasteiger partial charge in [-0.2, -0.15) is 0 Å². The van der Waals surface area contributed by atoms with Crippen molar-refractivity contribution >= 4 is 22.5 Å². The zero-order valence-corrected chi connectivity index (χ0v) is 12.6. The Labute approximate surface area is 129 Å². The SMILES string of the molecule is NC(=CC1=N[C@H](Cc2ccccc2)CS1)c1ccccc1. The smallest absolute Gasteiger partial charge is 0.0929 e. The number of thioether (sulfide) groups is 1. The summed E-state index contributed by atoms with van der Waals surface area (Å²) in [6.07, 6.45) is 2.99. The summed E-state index contributed by atoms with van der Waals surface area (Å²) in [4.78, 5) is 4.77. The van der Waals surface area contributed by atoms with Crippen molar-refractivity contribution in [3.63, 3.8) is 0 Å². The monoisotopic (exact) mass is 294 g/mol. The highest BCUT2D eigenvalue weighted by Crippen LogP contribution is 2.23. The Hall–Kier alpha value is -2.00. The quantitative estimate of drug-likeness (QED) is 0.933. The molecule has 2 N–H and O–H groups in total. The first-order chi connectivity index (χ1) is 10.3. The van der Waals surface area contributed by atoms with Gasteiger partial charge in [-0.25, -0.2) is 0 Å². The van der Waals surface area contributed by atoms with Gasteiger partial charge >= 0.3 is 0 Å². The molecule has 21 heavy (non-hydrogen) atoms. The maximum Gasteiger partial charge on any atom is 0.0929 e. The second-order valence-corrected chi connectivity index (χ2v) is 6.13. The standard InChI is InChI=1S/C18H18N2S/c19-17(15-9-5-2-6-10-15)12-18-20-16(13-21-18)11-14-7-3-1-4-8-14/h1-10,12,16H,11,13,19H2/t16-/m1/s1. The third-order valence-corrected chi connectivity index (χ3v) is 4.50. The molecule has 1 atom stereocenters. The predicted octanol–water partition coefficient (Wildman–Crippen LogP) is 3.74. The molecule has 0 radical (unpaired) electrons. The molecule has 0 unspecified atom stereocenters. The van der Waals surface area contributed by atoms with Crippen molar-refractivity contribution in [2.45, 2.75) is 12.5 Å². The van der Waals surface area contributed by atoms with E-state index in [0.717, 1.165) is 28.5 Å². The van der Waals surface area contributed by atoms with Crippen LogP contribution in [0, 0.1) is 0 Å². The Morgan fingerprint density at radius 3 is 2.48 bits per heavy atom. The van der Waals surface area contributed by atoms with Gasteiger partial charge in [0, 0.05) is 11.4 Å². The molecule has 2 aromatic carbocycles. The fraction of sp³-hybridized carbons (Fsp3) is 0.167. The topological polar surface area (TPSA) is 38.4 Å². The largest absolute Gasteiger partial charge is 0.398 e. The van der Waals surface area contributed by atoms with Crippen LogP contribution in [0.2, 0.25) is 0 Å². The molecule has 3 rings (SSSR count). The molecule has 0 amide bonds. The molecule has 106 valence electrons. The van der Waals surface area contributed by atoms with E-state index in [4.69, 9.17) is 10.7 Å². The zero-order valence-electron chi connectivity index (χ0n) is 11.8. The molecule has 3 heteroatoms. The van der Waals surface area contributed by atoms with Gasteiger partial charge in [-0.05, 0) is 23.6 Å². The average Bonchev–Trinajstić information content (AvgIpc) is 2.96. The molecule has 0 spiro atoms. The van der Waals surface area contributed by atoms with E-state index in [9.17, 15) is 0 Å². The third-order valence-electron chi connectivity index (χ3n) is 3.43. The van der Waals surface area contributed by atoms with Crippen LogP contribution < -0.4 is 5.73 Å². The van der Waals surface area contributed by atoms with Crippen LogP contribution in [0.1, 0.15) is 11.1 Å². The first-order valence-electron chi connectivity index (χ1n) is 7.08. The molecule has 0 saturated carbocycles. The van der Waals surface area contributed by atoms with Crippen molar-refractivity contribution in [3.8, 4) is 0 Å². The summed E-state index contributed by atoms with van der Waals surface area (Å²) in [5.41, 5.74) is 9.31. The molecule has 0 fully saturated rings. The number of benzene rings is 2. The van der Waals surface area contributed by atoms with E-state index in [2.05, 4.69) is 24.3 Å². The highest BCUT2D eigenvalue weighted by Gasteiger charge is 2.17. The summed E-state index contributed by atoms with van der Waals surface area (Å²) in [6.45, 7) is 0. The van der Waals surface area contributed by atoms with Gasteiger partial charge in [0.15, 0.2) is 0 Å². The van der Waals surface area contributed by atoms with Crippen LogP contribution in [0.5, 0.6) is 0 Å². The molecule has 1 aliphatic heterocycles. The van der Waals surface area contributed by atoms with E-state index in [-0.39, 0.29) is 0 Å². The summed E-state index contributed by atoms with van der Waals surface area (Å²) in [5, 5.41) is 1.04. The Morgan fingerprint density at radius 1 is 1.10 bits per heavy atom. The Balaban J connectivity index is 1.69. The van der Waals surface area contributed by atoms with E-state index in [1.54, 1.807) is 11.8 Å². The van der Waals surface area contributed by atoms with Crippen LogP contribution in [0.4, 0.5) is 0 Å². The highest BCUT2D eigenvalue weighted by molar-refractivity contribution is 8.14. The number of nitrogens with zero attached hydrogens (tertiary/aromatic N) is 1. The first kappa shape index (κ1) is 14.0. The minimum atomic E-state index is 0.354. The van der Waals surface area contributed by atoms with Gasteiger partial charge in [-0.15, -0.1) is 11.8 Å². The van der Waals surface area contributed by atoms with Crippen LogP contribution in [0.15, 0.2) is 71.7 Å². The van der Waals surface area contributed by atoms with Crippen LogP contribution in [-0.2, 0) is 6.42 Å². The van der Waals surface area contributed by atoms with Crippen molar-refractivity contribution < 1.29 is 0 Å². The van der Waals surface area contributed by atoms with E-state index in [0.29, 0.717) is 6.04 Å². The summed E-state index contributed by atoms with van der Waals surface area (Å²) in [6, 6.07) is 20.9. The lowest BCUT2D eigenvalue weighted by Gasteiger charge is -2.04. The lowest BCUT2D eigenvalue weighted by atomic mass is 10.1. The van der Waals surface area contributed by atoms with Crippen molar-refractivity contribution in [1.82, 2.24) is 0 Å². The minimum Gasteiger partial charge on any atom is -0.398 e. The maximum absolute atomic E-state index is 6.14. The van der Waals surface area contributed by atoms with E-state index in [1.165, 1.54) is 5.56 Å². The molecule has 0 aromatic heterocycles. The molecule has 2 aromatic rings. The van der Waals surface area contributed by atoms with Gasteiger partial charge in [0.1, 0.15) is 0 Å². The fourth-order valence-corrected chi connectivity index (χ4v) is 3.34. The number of rotatable bonds is 4. The Bertz CT molecular complexity index is 647. The molecule has 0 aliphatic carbocycles. The number of nitrogens with two attached hydrogens (primary N) is 1. The molecule has 2 nitrogen and oxygen atoms in total. The molecular formula is C18H18N2S. The zero-order chi connectivity index (χ0) is 14.5. The molecular weight excluding hydrogens is 276 g/mol. The van der Waals surface area contributed by atoms with E-state index < -0.39 is 0 Å². The van der Waals surface area contributed by atoms with Crippen LogP contribution in [0.3, 0.4) is 0 Å². The van der Waals surface area contributed by atoms with Gasteiger partial charge in [-0.3, -0.25) is 4.99 Å². The summed E-state index contributed by atoms with van der Waals surface area (Å²) < 4.78 is 0. The van der Waals surface area contributed by atoms with Gasteiger partial charge in [0.2, 0.25) is 0 Å². The lowest BCUT2D eigenvalue weighted by Crippen LogP contribution is -2.07. The third kappa shape index (κ3) is 3.76. The van der Waals surface area contributed by atoms with Crippen molar-refractivity contribution in [3.05, 3.63) is 77.9 Å². The Morgan fingerprint density at radius 2 is 1.76 bits per heavy atom. The maximum atomic E-state index is 6.14. The molecule has 1 heterocycles. The van der Waals surface area contributed by atoms with Gasteiger partial charge < -0.3 is 5.73 Å². The van der Waals surface area contributed by atoms with Crippen molar-refractivity contribution in [2.75, 3.05) is 5.75 Å². The van der Waals surface area contributed by atoms with Crippen molar-refractivity contribution in [1.29, 1.82) is 0 Å². The highest BCUT2D eigenvalue weighted by atomic mass is 32.2. The summed E-state index contributed by atoms with van der Waals surface area (Å²) in [5.74, 6) is 1.03. The molecule has 0 saturated heterocycles. The predicted molar refractivity (Wildman–Crippen MR) is 92.4 cm³/mol. The summed E-state index contributed by atoms with van der Waals surface area (Å²) >= 11 is 1.79. The van der Waals surface area contributed by atoms with Crippen LogP contribution >= 0.6 is 11.8 Å². The summed E-state index contributed by atoms with van der Waals surface area (Å²) in [7, 11) is 0. The second-order valence-electron chi connectivity index (χ2n) is 5.09. The van der Waals surface area contributed by atoms with Crippen molar-refractivity contribution in [2.24, 2.45) is 10.7 Å². The lowest BCUT2D eigenvalue weighted by molar-refractivity contribution is 0.763. The fourth-order valence-electron chi connectivity index (χ4n) is 2.35. The van der Waals surface area contributed by atoms with Crippen LogP contribution in [-0.4, -0.2) is 16.8 Å². The van der Waals surface area contributed by atoms with E-state index >= 15 is 0 Å². The van der Waals surface area contributed by atoms with Crippen LogP contribution in [0.25, 0.3) is 5.70 Å². The number of hydrogen-bond donors (Lipinski definition) is 1. The minimum absolute atomic E-state index is 0.354. The molecule has 1 aliphatic rings. The van der Waals surface area contributed by atoms with E-state index in [1.807, 2.05) is 42.5 Å². The normalized spacial score (nSPS) is 18.6. The van der Waals surface area contributed by atoms with Gasteiger partial charge in [-0.1, -0.05) is 60.7 Å². The number of hydrogen-bond acceptors (Lipinski definition) is 3. The van der Waals surface area contributed by atoms with Gasteiger partial charge in [0.05, 0.1) is 11.1 Å². The number of aliphatic imine (C=N–C) groups is 1. The van der Waals surface area contributed by atoms with Gasteiger partial charge in [0.25, 0.3) is 0 Å². The molecule has 0 bridgehead atoms. The Kier molecular flexibility index (Phi) is 4.41. The average molecular weight is 294 g/mol. The first-order valence-corrected chi connectivity index (χ1v) is 8.07.